The van der Waals surface area contributed by atoms with E-state index >= 15 is 0 Å². The van der Waals surface area contributed by atoms with E-state index in [9.17, 15) is 9.59 Å². The fourth-order valence-electron chi connectivity index (χ4n) is 3.55. The van der Waals surface area contributed by atoms with Crippen molar-refractivity contribution in [3.05, 3.63) is 44.0 Å². The molecule has 5 nitrogen and oxygen atoms in total. The zero-order valence-corrected chi connectivity index (χ0v) is 13.5. The van der Waals surface area contributed by atoms with E-state index in [1.54, 1.807) is 0 Å². The number of fused-ring (bicyclic) bond motifs is 1. The highest BCUT2D eigenvalue weighted by molar-refractivity contribution is 5.86. The van der Waals surface area contributed by atoms with E-state index in [-0.39, 0.29) is 29.4 Å². The molecule has 22 heavy (non-hydrogen) atoms. The highest BCUT2D eigenvalue weighted by atomic mass is 16.5. The van der Waals surface area contributed by atoms with Crippen molar-refractivity contribution in [3.63, 3.8) is 0 Å². The number of H-pyrrole nitrogens is 1. The second kappa shape index (κ2) is 5.39. The average Bonchev–Trinajstić information content (AvgIpc) is 2.44. The third kappa shape index (κ3) is 2.39. The van der Waals surface area contributed by atoms with E-state index in [2.05, 4.69) is 5.10 Å². The Labute approximate surface area is 128 Å². The lowest BCUT2D eigenvalue weighted by Gasteiger charge is -2.32. The summed E-state index contributed by atoms with van der Waals surface area (Å²) in [4.78, 5) is 25.4. The molecule has 118 valence electrons. The Hall–Kier alpha value is -1.88. The molecule has 1 aliphatic heterocycles. The Bertz CT molecular complexity index is 824. The van der Waals surface area contributed by atoms with Crippen LogP contribution in [0.25, 0.3) is 10.8 Å². The van der Waals surface area contributed by atoms with Gasteiger partial charge in [0, 0.05) is 0 Å². The lowest BCUT2D eigenvalue weighted by Crippen LogP contribution is -2.39. The number of aryl methyl sites for hydroxylation is 2. The average molecular weight is 302 g/mol. The smallest absolute Gasteiger partial charge is 0.273 e. The molecule has 2 aromatic rings. The molecule has 1 aromatic carbocycles. The van der Waals surface area contributed by atoms with Gasteiger partial charge in [-0.15, -0.1) is 0 Å². The minimum Gasteiger partial charge on any atom is -0.375 e. The van der Waals surface area contributed by atoms with Crippen LogP contribution in [-0.2, 0) is 4.74 Å². The van der Waals surface area contributed by atoms with Crippen LogP contribution in [-0.4, -0.2) is 22.0 Å². The standard InChI is InChI=1S/C17H22N2O3/c1-9-5-6-10(2)15-14(9)16(20)18-19(17(15)21)13-7-11(3)22-12(4)8-13/h5-6,11-13H,7-8H2,1-4H3,(H,18,20). The zero-order chi connectivity index (χ0) is 16.0. The van der Waals surface area contributed by atoms with Crippen LogP contribution in [0.3, 0.4) is 0 Å². The van der Waals surface area contributed by atoms with Crippen molar-refractivity contribution in [3.8, 4) is 0 Å². The van der Waals surface area contributed by atoms with E-state index in [1.807, 2.05) is 39.8 Å². The Morgan fingerprint density at radius 1 is 1.05 bits per heavy atom. The highest BCUT2D eigenvalue weighted by Crippen LogP contribution is 2.27. The van der Waals surface area contributed by atoms with Gasteiger partial charge >= 0.3 is 0 Å². The molecule has 0 spiro atoms. The van der Waals surface area contributed by atoms with Gasteiger partial charge in [0.15, 0.2) is 0 Å². The summed E-state index contributed by atoms with van der Waals surface area (Å²) in [6.07, 6.45) is 1.63. The summed E-state index contributed by atoms with van der Waals surface area (Å²) in [7, 11) is 0. The Kier molecular flexibility index (Phi) is 3.68. The fraction of sp³-hybridized carbons (Fsp3) is 0.529. The molecule has 1 fully saturated rings. The first kappa shape index (κ1) is 15.0. The van der Waals surface area contributed by atoms with E-state index in [1.165, 1.54) is 4.68 Å². The zero-order valence-electron chi connectivity index (χ0n) is 13.5. The predicted molar refractivity (Wildman–Crippen MR) is 86.6 cm³/mol. The molecule has 2 unspecified atom stereocenters. The molecule has 2 heterocycles. The minimum atomic E-state index is -0.192. The van der Waals surface area contributed by atoms with Gasteiger partial charge in [-0.1, -0.05) is 12.1 Å². The normalized spacial score (nSPS) is 25.5. The third-order valence-corrected chi connectivity index (χ3v) is 4.54. The minimum absolute atomic E-state index is 0.0248. The number of benzene rings is 1. The maximum absolute atomic E-state index is 12.9. The first-order valence-corrected chi connectivity index (χ1v) is 7.78. The molecule has 5 heteroatoms. The molecule has 0 amide bonds. The van der Waals surface area contributed by atoms with Gasteiger partial charge in [0.1, 0.15) is 0 Å². The van der Waals surface area contributed by atoms with Crippen molar-refractivity contribution >= 4 is 10.8 Å². The van der Waals surface area contributed by atoms with Crippen LogP contribution in [0.2, 0.25) is 0 Å². The van der Waals surface area contributed by atoms with Crippen molar-refractivity contribution < 1.29 is 4.74 Å². The van der Waals surface area contributed by atoms with Gasteiger partial charge in [-0.05, 0) is 51.7 Å². The Morgan fingerprint density at radius 3 is 2.18 bits per heavy atom. The van der Waals surface area contributed by atoms with Crippen molar-refractivity contribution in [1.82, 2.24) is 9.78 Å². The van der Waals surface area contributed by atoms with Crippen LogP contribution >= 0.6 is 0 Å². The SMILES string of the molecule is Cc1ccc(C)c2c(=O)n(C3CC(C)OC(C)C3)[nH]c(=O)c12. The van der Waals surface area contributed by atoms with E-state index in [4.69, 9.17) is 4.74 Å². The first-order chi connectivity index (χ1) is 10.4. The van der Waals surface area contributed by atoms with Gasteiger partial charge in [-0.25, -0.2) is 4.68 Å². The lowest BCUT2D eigenvalue weighted by molar-refractivity contribution is -0.0514. The van der Waals surface area contributed by atoms with Gasteiger partial charge in [-0.2, -0.15) is 0 Å². The van der Waals surface area contributed by atoms with Crippen molar-refractivity contribution in [2.75, 3.05) is 0 Å². The number of hydrogen-bond donors (Lipinski definition) is 1. The molecule has 1 aliphatic rings. The quantitative estimate of drug-likeness (QED) is 0.880. The molecule has 1 aromatic heterocycles. The largest absolute Gasteiger partial charge is 0.375 e. The number of nitrogens with one attached hydrogen (secondary N) is 1. The van der Waals surface area contributed by atoms with Crippen LogP contribution in [0, 0.1) is 13.8 Å². The molecule has 1 N–H and O–H groups in total. The maximum atomic E-state index is 12.9. The molecule has 0 aliphatic carbocycles. The number of hydrogen-bond acceptors (Lipinski definition) is 3. The molecular formula is C17H22N2O3. The summed E-state index contributed by atoms with van der Waals surface area (Å²) >= 11 is 0. The number of ether oxygens (including phenoxy) is 1. The Balaban J connectivity index is 2.24. The molecule has 0 saturated carbocycles. The molecule has 2 atom stereocenters. The molecule has 0 bridgehead atoms. The number of aromatic nitrogens is 2. The monoisotopic (exact) mass is 302 g/mol. The summed E-state index contributed by atoms with van der Waals surface area (Å²) in [5.41, 5.74) is 1.38. The van der Waals surface area contributed by atoms with Crippen LogP contribution in [0.1, 0.15) is 43.9 Å². The molecular weight excluding hydrogens is 280 g/mol. The predicted octanol–water partition coefficient (Wildman–Crippen LogP) is 2.44. The van der Waals surface area contributed by atoms with Gasteiger partial charge in [0.2, 0.25) is 0 Å². The molecule has 3 rings (SSSR count). The number of rotatable bonds is 1. The molecule has 1 saturated heterocycles. The van der Waals surface area contributed by atoms with Crippen LogP contribution in [0.15, 0.2) is 21.7 Å². The summed E-state index contributed by atoms with van der Waals surface area (Å²) < 4.78 is 7.25. The summed E-state index contributed by atoms with van der Waals surface area (Å²) in [5.74, 6) is 0. The van der Waals surface area contributed by atoms with Crippen molar-refractivity contribution in [2.45, 2.75) is 58.8 Å². The summed E-state index contributed by atoms with van der Waals surface area (Å²) in [5, 5.41) is 3.84. The van der Waals surface area contributed by atoms with E-state index in [0.717, 1.165) is 24.0 Å². The van der Waals surface area contributed by atoms with Gasteiger partial charge in [0.05, 0.1) is 29.0 Å². The summed E-state index contributed by atoms with van der Waals surface area (Å²) in [6.45, 7) is 7.74. The number of nitrogens with zero attached hydrogens (tertiary/aromatic N) is 1. The van der Waals surface area contributed by atoms with Gasteiger partial charge in [-0.3, -0.25) is 14.7 Å². The summed E-state index contributed by atoms with van der Waals surface area (Å²) in [6, 6.07) is 3.76. The first-order valence-electron chi connectivity index (χ1n) is 7.78. The second-order valence-corrected chi connectivity index (χ2v) is 6.45. The third-order valence-electron chi connectivity index (χ3n) is 4.54. The maximum Gasteiger partial charge on any atom is 0.273 e. The molecule has 0 radical (unpaired) electrons. The van der Waals surface area contributed by atoms with Crippen molar-refractivity contribution in [2.24, 2.45) is 0 Å². The number of aromatic amines is 1. The van der Waals surface area contributed by atoms with E-state index in [0.29, 0.717) is 10.8 Å². The van der Waals surface area contributed by atoms with Crippen LogP contribution < -0.4 is 11.1 Å². The second-order valence-electron chi connectivity index (χ2n) is 6.45. The van der Waals surface area contributed by atoms with E-state index < -0.39 is 0 Å². The van der Waals surface area contributed by atoms with Crippen LogP contribution in [0.4, 0.5) is 0 Å². The van der Waals surface area contributed by atoms with Crippen molar-refractivity contribution in [1.29, 1.82) is 0 Å². The topological polar surface area (TPSA) is 64.1 Å². The highest BCUT2D eigenvalue weighted by Gasteiger charge is 2.27. The Morgan fingerprint density at radius 2 is 1.59 bits per heavy atom. The van der Waals surface area contributed by atoms with Gasteiger partial charge in [0.25, 0.3) is 11.1 Å². The fourth-order valence-corrected chi connectivity index (χ4v) is 3.55. The van der Waals surface area contributed by atoms with Gasteiger partial charge < -0.3 is 4.74 Å². The van der Waals surface area contributed by atoms with Crippen LogP contribution in [0.5, 0.6) is 0 Å². The lowest BCUT2D eigenvalue weighted by atomic mass is 9.99.